The van der Waals surface area contributed by atoms with E-state index in [-0.39, 0.29) is 11.8 Å². The number of phenols is 1. The molecule has 0 bridgehead atoms. The maximum Gasteiger partial charge on any atom is 0.410 e. The van der Waals surface area contributed by atoms with E-state index >= 15 is 0 Å². The Labute approximate surface area is 152 Å². The molecule has 136 valence electrons. The number of anilines is 1. The lowest BCUT2D eigenvalue weighted by Gasteiger charge is -2.39. The van der Waals surface area contributed by atoms with Crippen molar-refractivity contribution in [3.8, 4) is 17.1 Å². The number of aromatic hydroxyl groups is 1. The second-order valence-electron chi connectivity index (χ2n) is 7.14. The van der Waals surface area contributed by atoms with Crippen LogP contribution in [0, 0.1) is 6.92 Å². The molecule has 1 aromatic carbocycles. The Kier molecular flexibility index (Phi) is 3.94. The Morgan fingerprint density at radius 2 is 2.04 bits per heavy atom. The number of phenolic OH excluding ortho intramolecular Hbond substituents is 1. The van der Waals surface area contributed by atoms with E-state index in [0.717, 1.165) is 30.9 Å². The number of para-hydroxylation sites is 1. The number of benzene rings is 1. The van der Waals surface area contributed by atoms with Crippen LogP contribution in [0.4, 0.5) is 10.6 Å². The topological polar surface area (TPSA) is 78.8 Å². The van der Waals surface area contributed by atoms with Crippen molar-refractivity contribution in [2.75, 3.05) is 31.6 Å². The molecule has 1 atom stereocenters. The number of hydrogen-bond acceptors (Lipinski definition) is 6. The van der Waals surface area contributed by atoms with Gasteiger partial charge in [0.15, 0.2) is 5.82 Å². The SMILES string of the molecule is Cc1cc(N2CCCC3(CN(C)C(=O)O3)C2)nc(-c2ccccc2O)n1. The highest BCUT2D eigenvalue weighted by Gasteiger charge is 2.46. The summed E-state index contributed by atoms with van der Waals surface area (Å²) >= 11 is 0. The fourth-order valence-corrected chi connectivity index (χ4v) is 3.80. The van der Waals surface area contributed by atoms with Crippen LogP contribution in [0.1, 0.15) is 18.5 Å². The minimum atomic E-state index is -0.474. The molecule has 2 aliphatic rings. The van der Waals surface area contributed by atoms with E-state index in [1.807, 2.05) is 19.1 Å². The van der Waals surface area contributed by atoms with Crippen molar-refractivity contribution in [1.82, 2.24) is 14.9 Å². The monoisotopic (exact) mass is 354 g/mol. The van der Waals surface area contributed by atoms with Gasteiger partial charge in [-0.25, -0.2) is 14.8 Å². The molecular formula is C19H22N4O3. The molecule has 1 unspecified atom stereocenters. The van der Waals surface area contributed by atoms with Gasteiger partial charge < -0.3 is 19.6 Å². The number of ether oxygens (including phenoxy) is 1. The second-order valence-corrected chi connectivity index (χ2v) is 7.14. The summed E-state index contributed by atoms with van der Waals surface area (Å²) in [5.41, 5.74) is 0.961. The largest absolute Gasteiger partial charge is 0.507 e. The number of likely N-dealkylation sites (N-methyl/N-ethyl adjacent to an activating group) is 1. The molecule has 1 spiro atoms. The molecule has 1 amide bonds. The first-order chi connectivity index (χ1) is 12.5. The van der Waals surface area contributed by atoms with Crippen LogP contribution in [0.15, 0.2) is 30.3 Å². The van der Waals surface area contributed by atoms with Crippen molar-refractivity contribution < 1.29 is 14.6 Å². The average Bonchev–Trinajstić information content (AvgIpc) is 2.88. The van der Waals surface area contributed by atoms with Crippen LogP contribution in [0.3, 0.4) is 0 Å². The van der Waals surface area contributed by atoms with Crippen LogP contribution in [0.5, 0.6) is 5.75 Å². The number of carbonyl (C=O) groups is 1. The van der Waals surface area contributed by atoms with Crippen molar-refractivity contribution >= 4 is 11.9 Å². The molecule has 7 nitrogen and oxygen atoms in total. The lowest BCUT2D eigenvalue weighted by Crippen LogP contribution is -2.51. The van der Waals surface area contributed by atoms with E-state index < -0.39 is 5.60 Å². The maximum atomic E-state index is 11.9. The van der Waals surface area contributed by atoms with Gasteiger partial charge in [0.2, 0.25) is 0 Å². The number of rotatable bonds is 2. The Bertz CT molecular complexity index is 856. The molecule has 2 saturated heterocycles. The summed E-state index contributed by atoms with van der Waals surface area (Å²) in [5, 5.41) is 10.1. The lowest BCUT2D eigenvalue weighted by atomic mass is 9.93. The molecule has 2 fully saturated rings. The molecule has 7 heteroatoms. The normalized spacial score (nSPS) is 22.8. The number of amides is 1. The highest BCUT2D eigenvalue weighted by atomic mass is 16.6. The highest BCUT2D eigenvalue weighted by molar-refractivity contribution is 5.70. The molecule has 1 N–H and O–H groups in total. The zero-order valence-electron chi connectivity index (χ0n) is 15.0. The maximum absolute atomic E-state index is 11.9. The van der Waals surface area contributed by atoms with Gasteiger partial charge in [-0.1, -0.05) is 12.1 Å². The molecular weight excluding hydrogens is 332 g/mol. The van der Waals surface area contributed by atoms with Crippen molar-refractivity contribution in [1.29, 1.82) is 0 Å². The van der Waals surface area contributed by atoms with Crippen LogP contribution in [-0.4, -0.2) is 58.4 Å². The van der Waals surface area contributed by atoms with Gasteiger partial charge in [0.05, 0.1) is 18.7 Å². The van der Waals surface area contributed by atoms with Crippen molar-refractivity contribution in [3.05, 3.63) is 36.0 Å². The zero-order chi connectivity index (χ0) is 18.3. The quantitative estimate of drug-likeness (QED) is 0.893. The van der Waals surface area contributed by atoms with Gasteiger partial charge in [-0.05, 0) is 31.9 Å². The van der Waals surface area contributed by atoms with Gasteiger partial charge in [0.25, 0.3) is 0 Å². The summed E-state index contributed by atoms with van der Waals surface area (Å²) in [6, 6.07) is 8.99. The van der Waals surface area contributed by atoms with Crippen LogP contribution >= 0.6 is 0 Å². The fourth-order valence-electron chi connectivity index (χ4n) is 3.80. The molecule has 0 radical (unpaired) electrons. The first kappa shape index (κ1) is 16.6. The summed E-state index contributed by atoms with van der Waals surface area (Å²) in [5.74, 6) is 1.45. The minimum Gasteiger partial charge on any atom is -0.507 e. The second kappa shape index (κ2) is 6.16. The van der Waals surface area contributed by atoms with Crippen LogP contribution < -0.4 is 4.90 Å². The molecule has 3 heterocycles. The van der Waals surface area contributed by atoms with Gasteiger partial charge in [-0.2, -0.15) is 0 Å². The fraction of sp³-hybridized carbons (Fsp3) is 0.421. The summed E-state index contributed by atoms with van der Waals surface area (Å²) in [4.78, 5) is 24.8. The number of aromatic nitrogens is 2. The van der Waals surface area contributed by atoms with E-state index in [0.29, 0.717) is 24.5 Å². The third kappa shape index (κ3) is 2.94. The standard InChI is InChI=1S/C19H22N4O3/c1-13-10-16(21-17(20-13)14-6-3-4-7-15(14)24)23-9-5-8-19(12-23)11-22(2)18(25)26-19/h3-4,6-7,10,24H,5,8-9,11-12H2,1-2H3. The number of carbonyl (C=O) groups excluding carboxylic acids is 1. The van der Waals surface area contributed by atoms with Crippen LogP contribution in [0.2, 0.25) is 0 Å². The molecule has 2 aliphatic heterocycles. The van der Waals surface area contributed by atoms with Gasteiger partial charge >= 0.3 is 6.09 Å². The average molecular weight is 354 g/mol. The van der Waals surface area contributed by atoms with Gasteiger partial charge in [0, 0.05) is 25.4 Å². The molecule has 2 aromatic rings. The Morgan fingerprint density at radius 3 is 2.77 bits per heavy atom. The molecule has 26 heavy (non-hydrogen) atoms. The Balaban J connectivity index is 1.66. The first-order valence-electron chi connectivity index (χ1n) is 8.79. The highest BCUT2D eigenvalue weighted by Crippen LogP contribution is 2.34. The lowest BCUT2D eigenvalue weighted by molar-refractivity contribution is 0.0445. The van der Waals surface area contributed by atoms with Crippen LogP contribution in [0.25, 0.3) is 11.4 Å². The van der Waals surface area contributed by atoms with E-state index in [1.54, 1.807) is 30.1 Å². The van der Waals surface area contributed by atoms with Crippen molar-refractivity contribution in [2.45, 2.75) is 25.4 Å². The zero-order valence-corrected chi connectivity index (χ0v) is 15.0. The van der Waals surface area contributed by atoms with Gasteiger partial charge in [-0.3, -0.25) is 0 Å². The van der Waals surface area contributed by atoms with Crippen molar-refractivity contribution in [2.24, 2.45) is 0 Å². The van der Waals surface area contributed by atoms with E-state index in [1.165, 1.54) is 0 Å². The van der Waals surface area contributed by atoms with Gasteiger partial charge in [-0.15, -0.1) is 0 Å². The van der Waals surface area contributed by atoms with Gasteiger partial charge in [0.1, 0.15) is 17.2 Å². The summed E-state index contributed by atoms with van der Waals surface area (Å²) in [6.45, 7) is 3.97. The van der Waals surface area contributed by atoms with Crippen LogP contribution in [-0.2, 0) is 4.74 Å². The predicted octanol–water partition coefficient (Wildman–Crippen LogP) is 2.58. The number of aryl methyl sites for hydroxylation is 1. The predicted molar refractivity (Wildman–Crippen MR) is 97.2 cm³/mol. The third-order valence-electron chi connectivity index (χ3n) is 4.99. The molecule has 0 saturated carbocycles. The summed E-state index contributed by atoms with van der Waals surface area (Å²) in [7, 11) is 1.77. The smallest absolute Gasteiger partial charge is 0.410 e. The Hall–Kier alpha value is -2.83. The minimum absolute atomic E-state index is 0.158. The Morgan fingerprint density at radius 1 is 1.23 bits per heavy atom. The van der Waals surface area contributed by atoms with E-state index in [4.69, 9.17) is 4.74 Å². The number of nitrogens with zero attached hydrogens (tertiary/aromatic N) is 4. The summed E-state index contributed by atoms with van der Waals surface area (Å²) in [6.07, 6.45) is 1.52. The third-order valence-corrected chi connectivity index (χ3v) is 4.99. The van der Waals surface area contributed by atoms with Crippen molar-refractivity contribution in [3.63, 3.8) is 0 Å². The number of piperidine rings is 1. The molecule has 1 aromatic heterocycles. The molecule has 0 aliphatic carbocycles. The molecule has 4 rings (SSSR count). The number of hydrogen-bond donors (Lipinski definition) is 1. The summed E-state index contributed by atoms with van der Waals surface area (Å²) < 4.78 is 5.68. The van der Waals surface area contributed by atoms with E-state index in [9.17, 15) is 9.90 Å². The van der Waals surface area contributed by atoms with E-state index in [2.05, 4.69) is 14.9 Å². The first-order valence-corrected chi connectivity index (χ1v) is 8.79.